The van der Waals surface area contributed by atoms with Gasteiger partial charge in [-0.2, -0.15) is 0 Å². The number of nitrogens with zero attached hydrogens (tertiary/aromatic N) is 1. The van der Waals surface area contributed by atoms with Gasteiger partial charge >= 0.3 is 0 Å². The van der Waals surface area contributed by atoms with Gasteiger partial charge in [-0.25, -0.2) is 0 Å². The average Bonchev–Trinajstić information content (AvgIpc) is 3.33. The minimum atomic E-state index is -0.217. The lowest BCUT2D eigenvalue weighted by atomic mass is 10.1. The second-order valence-electron chi connectivity index (χ2n) is 7.02. The van der Waals surface area contributed by atoms with Crippen molar-refractivity contribution in [3.05, 3.63) is 69.6 Å². The smallest absolute Gasteiger partial charge is 0.264 e. The maximum atomic E-state index is 12.4. The summed E-state index contributed by atoms with van der Waals surface area (Å²) in [7, 11) is 0. The minimum Gasteiger partial charge on any atom is -0.322 e. The number of amides is 2. The van der Waals surface area contributed by atoms with E-state index in [-0.39, 0.29) is 11.8 Å². The number of hydrogen-bond donors (Lipinski definition) is 2. The standard InChI is InChI=1S/C22H20ClN3O2S/c23-16-10-8-15(9-11-16)20(27)24-18-7-3-4-14(12-18)13-19-21(28)26-22(29-19)25-17-5-1-2-6-17/h3-4,7-13,17H,1-2,5-6H2,(H,24,27)(H,25,26,28)/b19-13-. The summed E-state index contributed by atoms with van der Waals surface area (Å²) in [6.07, 6.45) is 6.41. The van der Waals surface area contributed by atoms with Crippen molar-refractivity contribution in [3.63, 3.8) is 0 Å². The molecule has 2 aromatic carbocycles. The van der Waals surface area contributed by atoms with Crippen molar-refractivity contribution >= 4 is 52.1 Å². The number of nitrogens with one attached hydrogen (secondary N) is 2. The van der Waals surface area contributed by atoms with Crippen LogP contribution in [0.1, 0.15) is 41.6 Å². The number of thioether (sulfide) groups is 1. The van der Waals surface area contributed by atoms with Gasteiger partial charge in [0.2, 0.25) is 0 Å². The van der Waals surface area contributed by atoms with Gasteiger partial charge in [-0.3, -0.25) is 14.6 Å². The van der Waals surface area contributed by atoms with Crippen LogP contribution in [-0.2, 0) is 4.79 Å². The number of benzene rings is 2. The Morgan fingerprint density at radius 3 is 2.69 bits per heavy atom. The average molecular weight is 426 g/mol. The van der Waals surface area contributed by atoms with E-state index in [2.05, 4.69) is 15.6 Å². The Morgan fingerprint density at radius 1 is 1.17 bits per heavy atom. The summed E-state index contributed by atoms with van der Waals surface area (Å²) in [5.74, 6) is -0.354. The number of rotatable bonds is 4. The van der Waals surface area contributed by atoms with Crippen molar-refractivity contribution in [1.82, 2.24) is 5.32 Å². The van der Waals surface area contributed by atoms with Crippen molar-refractivity contribution in [1.29, 1.82) is 0 Å². The molecule has 148 valence electrons. The molecule has 7 heteroatoms. The summed E-state index contributed by atoms with van der Waals surface area (Å²) in [5.41, 5.74) is 2.01. The highest BCUT2D eigenvalue weighted by Gasteiger charge is 2.25. The van der Waals surface area contributed by atoms with Gasteiger partial charge in [-0.15, -0.1) is 0 Å². The summed E-state index contributed by atoms with van der Waals surface area (Å²) >= 11 is 7.24. The Morgan fingerprint density at radius 2 is 1.93 bits per heavy atom. The van der Waals surface area contributed by atoms with E-state index in [9.17, 15) is 9.59 Å². The van der Waals surface area contributed by atoms with Crippen molar-refractivity contribution < 1.29 is 9.59 Å². The summed E-state index contributed by atoms with van der Waals surface area (Å²) < 4.78 is 0. The van der Waals surface area contributed by atoms with E-state index in [0.717, 1.165) is 18.4 Å². The fourth-order valence-electron chi connectivity index (χ4n) is 3.35. The highest BCUT2D eigenvalue weighted by molar-refractivity contribution is 8.18. The Kier molecular flexibility index (Phi) is 6.02. The van der Waals surface area contributed by atoms with Gasteiger partial charge in [0.15, 0.2) is 5.17 Å². The number of anilines is 1. The second-order valence-corrected chi connectivity index (χ2v) is 8.49. The molecule has 5 nitrogen and oxygen atoms in total. The molecule has 1 aliphatic carbocycles. The SMILES string of the molecule is O=C1NC(=NC2CCCC2)S/C1=C\c1cccc(NC(=O)c2ccc(Cl)cc2)c1. The Labute approximate surface area is 178 Å². The molecule has 1 saturated carbocycles. The molecule has 0 bridgehead atoms. The van der Waals surface area contributed by atoms with Gasteiger partial charge in [-0.1, -0.05) is 36.6 Å². The van der Waals surface area contributed by atoms with E-state index in [1.807, 2.05) is 30.3 Å². The van der Waals surface area contributed by atoms with Gasteiger partial charge in [-0.05, 0) is 72.6 Å². The maximum Gasteiger partial charge on any atom is 0.264 e. The molecule has 4 rings (SSSR count). The lowest BCUT2D eigenvalue weighted by Gasteiger charge is -2.06. The molecule has 1 aliphatic heterocycles. The van der Waals surface area contributed by atoms with Crippen molar-refractivity contribution in [2.45, 2.75) is 31.7 Å². The molecule has 0 spiro atoms. The van der Waals surface area contributed by atoms with E-state index < -0.39 is 0 Å². The third-order valence-electron chi connectivity index (χ3n) is 4.82. The molecule has 2 amide bonds. The van der Waals surface area contributed by atoms with E-state index in [0.29, 0.717) is 32.4 Å². The third-order valence-corrected chi connectivity index (χ3v) is 6.00. The molecule has 0 aromatic heterocycles. The first-order chi connectivity index (χ1) is 14.1. The van der Waals surface area contributed by atoms with E-state index in [1.165, 1.54) is 24.6 Å². The van der Waals surface area contributed by atoms with E-state index in [4.69, 9.17) is 11.6 Å². The summed E-state index contributed by atoms with van der Waals surface area (Å²) in [4.78, 5) is 29.9. The topological polar surface area (TPSA) is 70.6 Å². The normalized spacial score (nSPS) is 19.7. The van der Waals surface area contributed by atoms with Crippen LogP contribution < -0.4 is 10.6 Å². The summed E-state index contributed by atoms with van der Waals surface area (Å²) in [6.45, 7) is 0. The molecule has 0 atom stereocenters. The molecular formula is C22H20ClN3O2S. The molecule has 2 fully saturated rings. The van der Waals surface area contributed by atoms with E-state index in [1.54, 1.807) is 24.3 Å². The van der Waals surface area contributed by atoms with E-state index >= 15 is 0 Å². The zero-order valence-electron chi connectivity index (χ0n) is 15.7. The summed E-state index contributed by atoms with van der Waals surface area (Å²) in [5, 5.41) is 6.98. The predicted molar refractivity (Wildman–Crippen MR) is 119 cm³/mol. The maximum absolute atomic E-state index is 12.4. The lowest BCUT2D eigenvalue weighted by Crippen LogP contribution is -2.21. The quantitative estimate of drug-likeness (QED) is 0.670. The predicted octanol–water partition coefficient (Wildman–Crippen LogP) is 5.09. The Hall–Kier alpha value is -2.57. The molecule has 2 aliphatic rings. The highest BCUT2D eigenvalue weighted by Crippen LogP contribution is 2.29. The van der Waals surface area contributed by atoms with Gasteiger partial charge in [0.25, 0.3) is 11.8 Å². The van der Waals surface area contributed by atoms with Crippen LogP contribution in [0.3, 0.4) is 0 Å². The van der Waals surface area contributed by atoms with Crippen molar-refractivity contribution in [2.75, 3.05) is 5.32 Å². The number of aliphatic imine (C=N–C) groups is 1. The Bertz CT molecular complexity index is 995. The minimum absolute atomic E-state index is 0.137. The lowest BCUT2D eigenvalue weighted by molar-refractivity contribution is -0.115. The first kappa shape index (κ1) is 19.7. The van der Waals surface area contributed by atoms with Crippen LogP contribution in [0.4, 0.5) is 5.69 Å². The van der Waals surface area contributed by atoms with Gasteiger partial charge in [0, 0.05) is 16.3 Å². The van der Waals surface area contributed by atoms with Crippen LogP contribution in [-0.4, -0.2) is 23.0 Å². The Balaban J connectivity index is 1.46. The van der Waals surface area contributed by atoms with Crippen LogP contribution >= 0.6 is 23.4 Å². The number of amidine groups is 1. The number of carbonyl (C=O) groups is 2. The van der Waals surface area contributed by atoms with Gasteiger partial charge in [0.05, 0.1) is 10.9 Å². The summed E-state index contributed by atoms with van der Waals surface area (Å²) in [6, 6.07) is 14.4. The fraction of sp³-hybridized carbons (Fsp3) is 0.227. The molecule has 29 heavy (non-hydrogen) atoms. The number of hydrogen-bond acceptors (Lipinski definition) is 4. The zero-order chi connectivity index (χ0) is 20.2. The molecule has 0 unspecified atom stereocenters. The molecule has 2 aromatic rings. The monoisotopic (exact) mass is 425 g/mol. The molecule has 1 heterocycles. The third kappa shape index (κ3) is 5.08. The van der Waals surface area contributed by atoms with Crippen LogP contribution in [0.5, 0.6) is 0 Å². The van der Waals surface area contributed by atoms with Crippen molar-refractivity contribution in [2.24, 2.45) is 4.99 Å². The first-order valence-electron chi connectivity index (χ1n) is 9.52. The number of carbonyl (C=O) groups excluding carboxylic acids is 2. The van der Waals surface area contributed by atoms with Crippen LogP contribution in [0, 0.1) is 0 Å². The molecule has 1 saturated heterocycles. The number of halogens is 1. The van der Waals surface area contributed by atoms with Crippen LogP contribution in [0.25, 0.3) is 6.08 Å². The highest BCUT2D eigenvalue weighted by atomic mass is 35.5. The largest absolute Gasteiger partial charge is 0.322 e. The van der Waals surface area contributed by atoms with Crippen LogP contribution in [0.2, 0.25) is 5.02 Å². The van der Waals surface area contributed by atoms with Crippen LogP contribution in [0.15, 0.2) is 58.4 Å². The molecule has 2 N–H and O–H groups in total. The molecular weight excluding hydrogens is 406 g/mol. The van der Waals surface area contributed by atoms with Crippen molar-refractivity contribution in [3.8, 4) is 0 Å². The molecule has 0 radical (unpaired) electrons. The second kappa shape index (κ2) is 8.84. The first-order valence-corrected chi connectivity index (χ1v) is 10.7. The van der Waals surface area contributed by atoms with Gasteiger partial charge in [0.1, 0.15) is 0 Å². The van der Waals surface area contributed by atoms with Gasteiger partial charge < -0.3 is 10.6 Å². The fourth-order valence-corrected chi connectivity index (χ4v) is 4.37. The zero-order valence-corrected chi connectivity index (χ0v) is 17.2.